The summed E-state index contributed by atoms with van der Waals surface area (Å²) in [6.45, 7) is 6.23. The molecule has 0 aliphatic carbocycles. The van der Waals surface area contributed by atoms with Gasteiger partial charge < -0.3 is 10.1 Å². The average molecular weight is 467 g/mol. The van der Waals surface area contributed by atoms with E-state index in [1.54, 1.807) is 24.3 Å². The molecule has 2 aromatic carbocycles. The molecule has 4 rings (SSSR count). The van der Waals surface area contributed by atoms with Crippen molar-refractivity contribution in [3.05, 3.63) is 84.6 Å². The van der Waals surface area contributed by atoms with Crippen molar-refractivity contribution in [2.75, 3.05) is 49.0 Å². The lowest BCUT2D eigenvalue weighted by molar-refractivity contribution is 0.0360. The van der Waals surface area contributed by atoms with E-state index in [0.717, 1.165) is 38.4 Å². The number of hydrogen-bond donors (Lipinski definition) is 1. The van der Waals surface area contributed by atoms with Gasteiger partial charge in [-0.25, -0.2) is 13.4 Å². The quantitative estimate of drug-likeness (QED) is 0.517. The number of nitrogens with one attached hydrogen (secondary N) is 1. The van der Waals surface area contributed by atoms with Gasteiger partial charge >= 0.3 is 0 Å². The molecule has 1 aliphatic rings. The van der Waals surface area contributed by atoms with E-state index in [2.05, 4.69) is 27.3 Å². The predicted molar refractivity (Wildman–Crippen MR) is 131 cm³/mol. The van der Waals surface area contributed by atoms with Gasteiger partial charge in [0.25, 0.3) is 10.0 Å². The van der Waals surface area contributed by atoms with Crippen molar-refractivity contribution in [1.29, 1.82) is 0 Å². The smallest absolute Gasteiger partial charge is 0.265 e. The topological polar surface area (TPSA) is 74.8 Å². The number of hydrogen-bond acceptors (Lipinski definition) is 6. The highest BCUT2D eigenvalue weighted by atomic mass is 32.2. The van der Waals surface area contributed by atoms with Crippen LogP contribution >= 0.6 is 0 Å². The van der Waals surface area contributed by atoms with Crippen LogP contribution < -0.4 is 9.62 Å². The van der Waals surface area contributed by atoms with Gasteiger partial charge in [-0.3, -0.25) is 9.21 Å². The van der Waals surface area contributed by atoms with Gasteiger partial charge in [0.1, 0.15) is 10.7 Å². The molecule has 2 heterocycles. The molecule has 33 heavy (non-hydrogen) atoms. The van der Waals surface area contributed by atoms with Crippen molar-refractivity contribution < 1.29 is 13.2 Å². The Kier molecular flexibility index (Phi) is 7.59. The largest absolute Gasteiger partial charge is 0.379 e. The summed E-state index contributed by atoms with van der Waals surface area (Å²) in [6, 6.07) is 22.7. The van der Waals surface area contributed by atoms with Gasteiger partial charge in [-0.15, -0.1) is 0 Å². The summed E-state index contributed by atoms with van der Waals surface area (Å²) in [4.78, 5) is 6.99. The van der Waals surface area contributed by atoms with Crippen molar-refractivity contribution in [1.82, 2.24) is 9.88 Å². The molecule has 174 valence electrons. The number of aromatic nitrogens is 1. The van der Waals surface area contributed by atoms with Gasteiger partial charge in [-0.1, -0.05) is 48.5 Å². The Morgan fingerprint density at radius 3 is 2.27 bits per heavy atom. The van der Waals surface area contributed by atoms with Crippen LogP contribution in [-0.4, -0.2) is 57.7 Å². The van der Waals surface area contributed by atoms with Crippen LogP contribution in [0.4, 0.5) is 11.5 Å². The van der Waals surface area contributed by atoms with Crippen molar-refractivity contribution in [2.45, 2.75) is 17.9 Å². The van der Waals surface area contributed by atoms with Crippen molar-refractivity contribution in [3.63, 3.8) is 0 Å². The Morgan fingerprint density at radius 2 is 1.67 bits per heavy atom. The van der Waals surface area contributed by atoms with Crippen LogP contribution in [0.15, 0.2) is 83.9 Å². The molecule has 7 nitrogen and oxygen atoms in total. The van der Waals surface area contributed by atoms with E-state index < -0.39 is 10.0 Å². The first kappa shape index (κ1) is 23.2. The summed E-state index contributed by atoms with van der Waals surface area (Å²) in [5.41, 5.74) is 1.79. The molecular weight excluding hydrogens is 436 g/mol. The SMILES string of the molecule is CCN(c1ccccc1)S(=O)(=O)c1ccc(NC(CN2CCOCC2)c2ccccc2)nc1. The molecule has 0 saturated carbocycles. The molecule has 1 fully saturated rings. The minimum Gasteiger partial charge on any atom is -0.379 e. The third-order valence-corrected chi connectivity index (χ3v) is 7.61. The Bertz CT molecular complexity index is 1100. The fraction of sp³-hybridized carbons (Fsp3) is 0.320. The van der Waals surface area contributed by atoms with E-state index in [1.165, 1.54) is 10.5 Å². The normalized spacial score (nSPS) is 15.7. The zero-order valence-electron chi connectivity index (χ0n) is 18.8. The molecule has 0 bridgehead atoms. The minimum atomic E-state index is -3.70. The first-order chi connectivity index (χ1) is 16.1. The summed E-state index contributed by atoms with van der Waals surface area (Å²) in [7, 11) is -3.70. The van der Waals surface area contributed by atoms with E-state index in [4.69, 9.17) is 4.74 Å². The molecule has 1 unspecified atom stereocenters. The molecule has 8 heteroatoms. The van der Waals surface area contributed by atoms with Crippen molar-refractivity contribution >= 4 is 21.5 Å². The molecule has 1 N–H and O–H groups in total. The van der Waals surface area contributed by atoms with Gasteiger partial charge in [0.2, 0.25) is 0 Å². The highest BCUT2D eigenvalue weighted by molar-refractivity contribution is 7.92. The summed E-state index contributed by atoms with van der Waals surface area (Å²) >= 11 is 0. The van der Waals surface area contributed by atoms with E-state index in [0.29, 0.717) is 18.1 Å². The second-order valence-corrected chi connectivity index (χ2v) is 9.77. The number of pyridine rings is 1. The number of rotatable bonds is 9. The molecule has 3 aromatic rings. The monoisotopic (exact) mass is 466 g/mol. The maximum absolute atomic E-state index is 13.2. The Balaban J connectivity index is 1.53. The molecule has 0 amide bonds. The Hall–Kier alpha value is -2.94. The van der Waals surface area contributed by atoms with Crippen LogP contribution in [0.5, 0.6) is 0 Å². The van der Waals surface area contributed by atoms with Crippen LogP contribution in [-0.2, 0) is 14.8 Å². The van der Waals surface area contributed by atoms with Gasteiger partial charge in [-0.05, 0) is 36.8 Å². The standard InChI is InChI=1S/C25H30N4O3S/c1-2-29(22-11-7-4-8-12-22)33(30,31)23-13-14-25(26-19-23)27-24(21-9-5-3-6-10-21)20-28-15-17-32-18-16-28/h3-14,19,24H,2,15-18,20H2,1H3,(H,26,27). The fourth-order valence-electron chi connectivity index (χ4n) is 3.97. The fourth-order valence-corrected chi connectivity index (χ4v) is 5.39. The highest BCUT2D eigenvalue weighted by Crippen LogP contribution is 2.25. The van der Waals surface area contributed by atoms with Crippen LogP contribution in [0.1, 0.15) is 18.5 Å². The first-order valence-corrected chi connectivity index (χ1v) is 12.7. The van der Waals surface area contributed by atoms with E-state index in [9.17, 15) is 8.42 Å². The van der Waals surface area contributed by atoms with Crippen LogP contribution in [0.25, 0.3) is 0 Å². The van der Waals surface area contributed by atoms with Crippen LogP contribution in [0.3, 0.4) is 0 Å². The second-order valence-electron chi connectivity index (χ2n) is 7.91. The van der Waals surface area contributed by atoms with Crippen molar-refractivity contribution in [3.8, 4) is 0 Å². The maximum Gasteiger partial charge on any atom is 0.265 e. The lowest BCUT2D eigenvalue weighted by Crippen LogP contribution is -2.40. The second kappa shape index (κ2) is 10.8. The summed E-state index contributed by atoms with van der Waals surface area (Å²) < 4.78 is 33.3. The number of benzene rings is 2. The number of para-hydroxylation sites is 1. The van der Waals surface area contributed by atoms with Crippen molar-refractivity contribution in [2.24, 2.45) is 0 Å². The zero-order valence-corrected chi connectivity index (χ0v) is 19.6. The van der Waals surface area contributed by atoms with Gasteiger partial charge in [-0.2, -0.15) is 0 Å². The van der Waals surface area contributed by atoms with Gasteiger partial charge in [0, 0.05) is 32.4 Å². The van der Waals surface area contributed by atoms with E-state index in [-0.39, 0.29) is 10.9 Å². The third kappa shape index (κ3) is 5.71. The van der Waals surface area contributed by atoms with Crippen LogP contribution in [0, 0.1) is 0 Å². The number of sulfonamides is 1. The predicted octanol–water partition coefficient (Wildman–Crippen LogP) is 3.78. The number of morpholine rings is 1. The number of anilines is 2. The Morgan fingerprint density at radius 1 is 1.00 bits per heavy atom. The van der Waals surface area contributed by atoms with Gasteiger partial charge in [0.05, 0.1) is 24.9 Å². The summed E-state index contributed by atoms with van der Waals surface area (Å²) in [5, 5.41) is 3.49. The average Bonchev–Trinajstić information content (AvgIpc) is 2.86. The Labute approximate surface area is 196 Å². The maximum atomic E-state index is 13.2. The van der Waals surface area contributed by atoms with E-state index in [1.807, 2.05) is 43.3 Å². The minimum absolute atomic E-state index is 0.0238. The molecule has 1 atom stereocenters. The van der Waals surface area contributed by atoms with E-state index >= 15 is 0 Å². The highest BCUT2D eigenvalue weighted by Gasteiger charge is 2.24. The molecular formula is C25H30N4O3S. The summed E-state index contributed by atoms with van der Waals surface area (Å²) in [6.07, 6.45) is 1.43. The first-order valence-electron chi connectivity index (χ1n) is 11.2. The number of nitrogens with zero attached hydrogens (tertiary/aromatic N) is 3. The molecule has 1 aliphatic heterocycles. The lowest BCUT2D eigenvalue weighted by Gasteiger charge is -2.31. The zero-order chi connectivity index (χ0) is 23.1. The lowest BCUT2D eigenvalue weighted by atomic mass is 10.1. The molecule has 0 spiro atoms. The molecule has 1 saturated heterocycles. The number of ether oxygens (including phenoxy) is 1. The van der Waals surface area contributed by atoms with Gasteiger partial charge in [0.15, 0.2) is 0 Å². The van der Waals surface area contributed by atoms with Crippen LogP contribution in [0.2, 0.25) is 0 Å². The molecule has 1 aromatic heterocycles. The molecule has 0 radical (unpaired) electrons. The summed E-state index contributed by atoms with van der Waals surface area (Å²) in [5.74, 6) is 0.638. The third-order valence-electron chi connectivity index (χ3n) is 5.72.